The minimum atomic E-state index is 0.372. The van der Waals surface area contributed by atoms with Gasteiger partial charge in [0.2, 0.25) is 0 Å². The molecule has 0 saturated heterocycles. The topological polar surface area (TPSA) is 12.4 Å². The summed E-state index contributed by atoms with van der Waals surface area (Å²) >= 11 is 1.78. The predicted molar refractivity (Wildman–Crippen MR) is 75.6 cm³/mol. The van der Waals surface area contributed by atoms with E-state index in [0.29, 0.717) is 5.25 Å². The Balaban J connectivity index is 2.51. The summed E-state index contributed by atoms with van der Waals surface area (Å²) in [5.41, 5.74) is 1.00. The van der Waals surface area contributed by atoms with E-state index in [0.717, 1.165) is 5.69 Å². The standard InChI is InChI=1S/C14H17NS/c1-4-8-12(2)16-13(3)11-15-14-9-6-5-7-10-14/h4-11,13H,1H2,2-3H3/b12-8-,15-11+. The van der Waals surface area contributed by atoms with E-state index in [1.807, 2.05) is 48.7 Å². The van der Waals surface area contributed by atoms with Crippen LogP contribution in [0.1, 0.15) is 13.8 Å². The molecule has 0 radical (unpaired) electrons. The predicted octanol–water partition coefficient (Wildman–Crippen LogP) is 4.60. The molecule has 1 aromatic rings. The van der Waals surface area contributed by atoms with E-state index in [1.165, 1.54) is 4.91 Å². The van der Waals surface area contributed by atoms with E-state index in [9.17, 15) is 0 Å². The molecule has 1 nitrogen and oxygen atoms in total. The van der Waals surface area contributed by atoms with Crippen LogP contribution in [0.3, 0.4) is 0 Å². The number of nitrogens with zero attached hydrogens (tertiary/aromatic N) is 1. The van der Waals surface area contributed by atoms with Gasteiger partial charge in [-0.05, 0) is 30.9 Å². The van der Waals surface area contributed by atoms with Gasteiger partial charge in [0.1, 0.15) is 0 Å². The fraction of sp³-hybridized carbons (Fsp3) is 0.214. The second-order valence-electron chi connectivity index (χ2n) is 3.45. The molecular weight excluding hydrogens is 214 g/mol. The summed E-state index contributed by atoms with van der Waals surface area (Å²) in [5.74, 6) is 0. The Labute approximate surface area is 102 Å². The molecule has 0 aliphatic rings. The van der Waals surface area contributed by atoms with E-state index in [1.54, 1.807) is 11.8 Å². The van der Waals surface area contributed by atoms with Crippen molar-refractivity contribution in [1.82, 2.24) is 0 Å². The van der Waals surface area contributed by atoms with Gasteiger partial charge < -0.3 is 0 Å². The first-order valence-corrected chi connectivity index (χ1v) is 6.15. The van der Waals surface area contributed by atoms with E-state index < -0.39 is 0 Å². The summed E-state index contributed by atoms with van der Waals surface area (Å²) in [6.07, 6.45) is 5.79. The molecule has 1 atom stereocenters. The molecule has 0 aromatic heterocycles. The second-order valence-corrected chi connectivity index (χ2v) is 5.07. The number of hydrogen-bond acceptors (Lipinski definition) is 2. The average Bonchev–Trinajstić information content (AvgIpc) is 2.28. The van der Waals surface area contributed by atoms with E-state index in [4.69, 9.17) is 0 Å². The average molecular weight is 231 g/mol. The zero-order valence-electron chi connectivity index (χ0n) is 9.76. The van der Waals surface area contributed by atoms with Gasteiger partial charge in [-0.3, -0.25) is 4.99 Å². The molecular formula is C14H17NS. The molecule has 0 bridgehead atoms. The number of para-hydroxylation sites is 1. The van der Waals surface area contributed by atoms with Crippen molar-refractivity contribution >= 4 is 23.7 Å². The van der Waals surface area contributed by atoms with E-state index in [2.05, 4.69) is 25.4 Å². The third kappa shape index (κ3) is 4.99. The minimum Gasteiger partial charge on any atom is -0.260 e. The van der Waals surface area contributed by atoms with Crippen molar-refractivity contribution in [3.63, 3.8) is 0 Å². The van der Waals surface area contributed by atoms with Crippen LogP contribution in [-0.2, 0) is 0 Å². The van der Waals surface area contributed by atoms with Gasteiger partial charge in [0.15, 0.2) is 0 Å². The molecule has 1 unspecified atom stereocenters. The molecule has 0 aliphatic heterocycles. The van der Waals surface area contributed by atoms with Gasteiger partial charge >= 0.3 is 0 Å². The number of allylic oxidation sites excluding steroid dienone is 3. The van der Waals surface area contributed by atoms with Gasteiger partial charge in [-0.1, -0.05) is 36.9 Å². The molecule has 0 aliphatic carbocycles. The van der Waals surface area contributed by atoms with Crippen molar-refractivity contribution in [2.24, 2.45) is 4.99 Å². The zero-order chi connectivity index (χ0) is 11.8. The van der Waals surface area contributed by atoms with Crippen LogP contribution in [0.4, 0.5) is 5.69 Å². The van der Waals surface area contributed by atoms with E-state index >= 15 is 0 Å². The van der Waals surface area contributed by atoms with Gasteiger partial charge in [0.25, 0.3) is 0 Å². The van der Waals surface area contributed by atoms with Crippen LogP contribution >= 0.6 is 11.8 Å². The zero-order valence-corrected chi connectivity index (χ0v) is 10.6. The van der Waals surface area contributed by atoms with Gasteiger partial charge in [0, 0.05) is 11.5 Å². The normalized spacial score (nSPS) is 14.0. The van der Waals surface area contributed by atoms with Crippen molar-refractivity contribution in [3.8, 4) is 0 Å². The first kappa shape index (κ1) is 12.8. The quantitative estimate of drug-likeness (QED) is 0.533. The number of aliphatic imine (C=N–C) groups is 1. The summed E-state index contributed by atoms with van der Waals surface area (Å²) in [7, 11) is 0. The maximum atomic E-state index is 4.42. The first-order chi connectivity index (χ1) is 7.72. The Bertz CT molecular complexity index is 379. The SMILES string of the molecule is C=C/C=C(/C)SC(C)/C=N/c1ccccc1. The fourth-order valence-corrected chi connectivity index (χ4v) is 2.12. The molecule has 84 valence electrons. The highest BCUT2D eigenvalue weighted by Crippen LogP contribution is 2.20. The van der Waals surface area contributed by atoms with Gasteiger partial charge in [0.05, 0.1) is 5.69 Å². The molecule has 0 spiro atoms. The summed E-state index contributed by atoms with van der Waals surface area (Å²) in [5, 5.41) is 0.372. The largest absolute Gasteiger partial charge is 0.260 e. The fourth-order valence-electron chi connectivity index (χ4n) is 1.23. The highest BCUT2D eigenvalue weighted by atomic mass is 32.2. The molecule has 2 heteroatoms. The maximum absolute atomic E-state index is 4.42. The Morgan fingerprint density at radius 1 is 1.38 bits per heavy atom. The number of benzene rings is 1. The van der Waals surface area contributed by atoms with Crippen molar-refractivity contribution in [2.75, 3.05) is 0 Å². The highest BCUT2D eigenvalue weighted by molar-refractivity contribution is 8.04. The van der Waals surface area contributed by atoms with Crippen molar-refractivity contribution in [3.05, 3.63) is 54.0 Å². The molecule has 0 N–H and O–H groups in total. The lowest BCUT2D eigenvalue weighted by Crippen LogP contribution is -1.96. The second kappa shape index (κ2) is 7.07. The molecule has 0 amide bonds. The third-order valence-electron chi connectivity index (χ3n) is 1.91. The third-order valence-corrected chi connectivity index (χ3v) is 2.92. The monoisotopic (exact) mass is 231 g/mol. The molecule has 0 saturated carbocycles. The van der Waals surface area contributed by atoms with Gasteiger partial charge in [-0.2, -0.15) is 0 Å². The molecule has 0 heterocycles. The summed E-state index contributed by atoms with van der Waals surface area (Å²) < 4.78 is 0. The van der Waals surface area contributed by atoms with Gasteiger partial charge in [-0.25, -0.2) is 0 Å². The summed E-state index contributed by atoms with van der Waals surface area (Å²) in [6, 6.07) is 9.98. The van der Waals surface area contributed by atoms with Crippen LogP contribution in [0.15, 0.2) is 59.0 Å². The van der Waals surface area contributed by atoms with Crippen LogP contribution in [0.5, 0.6) is 0 Å². The summed E-state index contributed by atoms with van der Waals surface area (Å²) in [4.78, 5) is 5.67. The van der Waals surface area contributed by atoms with Crippen LogP contribution < -0.4 is 0 Å². The van der Waals surface area contributed by atoms with Crippen molar-refractivity contribution in [2.45, 2.75) is 19.1 Å². The minimum absolute atomic E-state index is 0.372. The number of thioether (sulfide) groups is 1. The Morgan fingerprint density at radius 3 is 2.69 bits per heavy atom. The van der Waals surface area contributed by atoms with Crippen LogP contribution in [0.25, 0.3) is 0 Å². The summed E-state index contributed by atoms with van der Waals surface area (Å²) in [6.45, 7) is 7.90. The Morgan fingerprint density at radius 2 is 2.06 bits per heavy atom. The highest BCUT2D eigenvalue weighted by Gasteiger charge is 1.99. The van der Waals surface area contributed by atoms with Crippen LogP contribution in [0.2, 0.25) is 0 Å². The van der Waals surface area contributed by atoms with Crippen LogP contribution in [0, 0.1) is 0 Å². The van der Waals surface area contributed by atoms with Crippen LogP contribution in [-0.4, -0.2) is 11.5 Å². The maximum Gasteiger partial charge on any atom is 0.0626 e. The first-order valence-electron chi connectivity index (χ1n) is 5.27. The molecule has 1 aromatic carbocycles. The molecule has 16 heavy (non-hydrogen) atoms. The Hall–Kier alpha value is -1.28. The lowest BCUT2D eigenvalue weighted by atomic mass is 10.3. The van der Waals surface area contributed by atoms with Gasteiger partial charge in [-0.15, -0.1) is 11.8 Å². The number of rotatable bonds is 5. The van der Waals surface area contributed by atoms with Crippen molar-refractivity contribution < 1.29 is 0 Å². The lowest BCUT2D eigenvalue weighted by Gasteiger charge is -2.04. The number of hydrogen-bond donors (Lipinski definition) is 0. The lowest BCUT2D eigenvalue weighted by molar-refractivity contribution is 1.33. The molecule has 1 rings (SSSR count). The smallest absolute Gasteiger partial charge is 0.0626 e. The van der Waals surface area contributed by atoms with E-state index in [-0.39, 0.29) is 0 Å². The Kier molecular flexibility index (Phi) is 5.65. The molecule has 0 fully saturated rings. The van der Waals surface area contributed by atoms with Crippen molar-refractivity contribution in [1.29, 1.82) is 0 Å².